The van der Waals surface area contributed by atoms with E-state index in [1.54, 1.807) is 19.2 Å². The molecule has 138 valence electrons. The molecule has 1 aromatic carbocycles. The van der Waals surface area contributed by atoms with Gasteiger partial charge in [-0.05, 0) is 62.1 Å². The van der Waals surface area contributed by atoms with Crippen molar-refractivity contribution >= 4 is 11.8 Å². The summed E-state index contributed by atoms with van der Waals surface area (Å²) in [6.07, 6.45) is 2.92. The van der Waals surface area contributed by atoms with Crippen molar-refractivity contribution in [1.29, 1.82) is 0 Å². The number of halogens is 1. The summed E-state index contributed by atoms with van der Waals surface area (Å²) in [5, 5.41) is 3.21. The van der Waals surface area contributed by atoms with Gasteiger partial charge in [0.2, 0.25) is 0 Å². The van der Waals surface area contributed by atoms with Crippen LogP contribution in [0.4, 0.5) is 4.39 Å². The molecule has 1 aliphatic heterocycles. The number of rotatable bonds is 3. The molecule has 0 saturated carbocycles. The first-order chi connectivity index (χ1) is 13.0. The zero-order valence-corrected chi connectivity index (χ0v) is 15.3. The number of hydrogen-bond donors (Lipinski definition) is 1. The Morgan fingerprint density at radius 2 is 2.19 bits per heavy atom. The Hall–Kier alpha value is -3.02. The van der Waals surface area contributed by atoms with Crippen molar-refractivity contribution in [2.75, 3.05) is 6.61 Å². The molecule has 27 heavy (non-hydrogen) atoms. The quantitative estimate of drug-likeness (QED) is 0.848. The molecule has 6 heteroatoms. The number of carbonyl (C=O) groups excluding carboxylic acids is 1. The van der Waals surface area contributed by atoms with E-state index in [1.807, 2.05) is 25.1 Å². The molecule has 1 atom stereocenters. The van der Waals surface area contributed by atoms with Gasteiger partial charge in [0.1, 0.15) is 17.1 Å². The normalized spacial score (nSPS) is 20.9. The van der Waals surface area contributed by atoms with Crippen molar-refractivity contribution in [3.05, 3.63) is 76.5 Å². The van der Waals surface area contributed by atoms with Gasteiger partial charge >= 0.3 is 5.97 Å². The van der Waals surface area contributed by atoms with Crippen LogP contribution in [0.2, 0.25) is 0 Å². The molecule has 2 aromatic rings. The SMILES string of the molecule is CCOC(=O)C1=C(C)NC(c2ccccn2)=NC12CCc1cc(F)ccc12. The predicted octanol–water partition coefficient (Wildman–Crippen LogP) is 3.25. The van der Waals surface area contributed by atoms with Gasteiger partial charge in [-0.25, -0.2) is 14.2 Å². The fraction of sp³-hybridized carbons (Fsp3) is 0.286. The third kappa shape index (κ3) is 2.81. The first kappa shape index (κ1) is 17.4. The van der Waals surface area contributed by atoms with E-state index in [-0.39, 0.29) is 12.4 Å². The molecule has 1 aliphatic carbocycles. The fourth-order valence-corrected chi connectivity index (χ4v) is 3.97. The number of benzene rings is 1. The lowest BCUT2D eigenvalue weighted by atomic mass is 9.81. The second kappa shape index (κ2) is 6.61. The van der Waals surface area contributed by atoms with E-state index in [4.69, 9.17) is 9.73 Å². The van der Waals surface area contributed by atoms with Gasteiger partial charge in [0.25, 0.3) is 0 Å². The monoisotopic (exact) mass is 365 g/mol. The van der Waals surface area contributed by atoms with Gasteiger partial charge in [-0.3, -0.25) is 4.98 Å². The number of aryl methyl sites for hydroxylation is 1. The minimum Gasteiger partial charge on any atom is -0.463 e. The number of hydrogen-bond acceptors (Lipinski definition) is 5. The molecule has 0 bridgehead atoms. The maximum atomic E-state index is 13.8. The molecule has 0 fully saturated rings. The highest BCUT2D eigenvalue weighted by Gasteiger charge is 2.48. The number of aliphatic imine (C=N–C) groups is 1. The van der Waals surface area contributed by atoms with Crippen molar-refractivity contribution in [3.8, 4) is 0 Å². The van der Waals surface area contributed by atoms with Crippen molar-refractivity contribution < 1.29 is 13.9 Å². The molecule has 0 radical (unpaired) electrons. The van der Waals surface area contributed by atoms with E-state index in [0.717, 1.165) is 11.1 Å². The number of allylic oxidation sites excluding steroid dienone is 1. The third-order valence-electron chi connectivity index (χ3n) is 5.05. The summed E-state index contributed by atoms with van der Waals surface area (Å²) >= 11 is 0. The molecular weight excluding hydrogens is 345 g/mol. The Morgan fingerprint density at radius 3 is 2.93 bits per heavy atom. The molecule has 1 aromatic heterocycles. The van der Waals surface area contributed by atoms with E-state index in [9.17, 15) is 9.18 Å². The molecule has 1 unspecified atom stereocenters. The summed E-state index contributed by atoms with van der Waals surface area (Å²) in [5.74, 6) is -0.0890. The third-order valence-corrected chi connectivity index (χ3v) is 5.05. The van der Waals surface area contributed by atoms with E-state index < -0.39 is 11.5 Å². The van der Waals surface area contributed by atoms with Gasteiger partial charge in [0.05, 0.1) is 12.2 Å². The number of nitrogens with zero attached hydrogens (tertiary/aromatic N) is 2. The van der Waals surface area contributed by atoms with Gasteiger partial charge in [0.15, 0.2) is 5.84 Å². The molecule has 1 spiro atoms. The fourth-order valence-electron chi connectivity index (χ4n) is 3.97. The van der Waals surface area contributed by atoms with Gasteiger partial charge in [-0.1, -0.05) is 12.1 Å². The molecular formula is C21H20FN3O2. The number of amidine groups is 1. The predicted molar refractivity (Wildman–Crippen MR) is 99.6 cm³/mol. The van der Waals surface area contributed by atoms with Crippen LogP contribution in [0.3, 0.4) is 0 Å². The van der Waals surface area contributed by atoms with Gasteiger partial charge in [0, 0.05) is 11.9 Å². The number of aromatic nitrogens is 1. The lowest BCUT2D eigenvalue weighted by Crippen LogP contribution is -2.41. The second-order valence-electron chi connectivity index (χ2n) is 6.68. The number of carbonyl (C=O) groups is 1. The smallest absolute Gasteiger partial charge is 0.338 e. The van der Waals surface area contributed by atoms with Gasteiger partial charge in [-0.15, -0.1) is 0 Å². The first-order valence-corrected chi connectivity index (χ1v) is 9.01. The number of fused-ring (bicyclic) bond motifs is 2. The van der Waals surface area contributed by atoms with Gasteiger partial charge < -0.3 is 10.1 Å². The maximum absolute atomic E-state index is 13.8. The van der Waals surface area contributed by atoms with E-state index >= 15 is 0 Å². The van der Waals surface area contributed by atoms with Gasteiger partial charge in [-0.2, -0.15) is 0 Å². The maximum Gasteiger partial charge on any atom is 0.338 e. The summed E-state index contributed by atoms with van der Waals surface area (Å²) in [6.45, 7) is 3.89. The van der Waals surface area contributed by atoms with Crippen molar-refractivity contribution in [2.45, 2.75) is 32.2 Å². The van der Waals surface area contributed by atoms with Crippen molar-refractivity contribution in [3.63, 3.8) is 0 Å². The van der Waals surface area contributed by atoms with Crippen LogP contribution < -0.4 is 5.32 Å². The van der Waals surface area contributed by atoms with Crippen LogP contribution in [0.5, 0.6) is 0 Å². The minimum atomic E-state index is -0.891. The van der Waals surface area contributed by atoms with Crippen LogP contribution in [-0.2, 0) is 21.5 Å². The number of ether oxygens (including phenoxy) is 1. The highest BCUT2D eigenvalue weighted by Crippen LogP contribution is 2.48. The minimum absolute atomic E-state index is 0.277. The van der Waals surface area contributed by atoms with Crippen molar-refractivity contribution in [2.24, 2.45) is 4.99 Å². The Bertz CT molecular complexity index is 969. The van der Waals surface area contributed by atoms with Crippen molar-refractivity contribution in [1.82, 2.24) is 10.3 Å². The Balaban J connectivity index is 1.92. The number of esters is 1. The zero-order chi connectivity index (χ0) is 19.0. The zero-order valence-electron chi connectivity index (χ0n) is 15.3. The standard InChI is InChI=1S/C21H20FN3O2/c1-3-27-20(26)18-13(2)24-19(17-6-4-5-11-23-17)25-21(18)10-9-14-12-15(22)7-8-16(14)21/h4-8,11-12H,3,9-10H2,1-2H3,(H,24,25). The van der Waals surface area contributed by atoms with Crippen LogP contribution in [0, 0.1) is 5.82 Å². The van der Waals surface area contributed by atoms with Crippen LogP contribution in [0.15, 0.2) is 58.9 Å². The Morgan fingerprint density at radius 1 is 1.33 bits per heavy atom. The highest BCUT2D eigenvalue weighted by atomic mass is 19.1. The molecule has 0 amide bonds. The van der Waals surface area contributed by atoms with E-state index in [2.05, 4.69) is 10.3 Å². The van der Waals surface area contributed by atoms with E-state index in [1.165, 1.54) is 12.1 Å². The van der Waals surface area contributed by atoms with Crippen LogP contribution in [0.25, 0.3) is 0 Å². The lowest BCUT2D eigenvalue weighted by Gasteiger charge is -2.34. The average Bonchev–Trinajstić information content (AvgIpc) is 2.99. The summed E-state index contributed by atoms with van der Waals surface area (Å²) < 4.78 is 19.1. The highest BCUT2D eigenvalue weighted by molar-refractivity contribution is 6.03. The summed E-state index contributed by atoms with van der Waals surface area (Å²) in [6, 6.07) is 10.3. The Kier molecular flexibility index (Phi) is 4.26. The first-order valence-electron chi connectivity index (χ1n) is 9.01. The summed E-state index contributed by atoms with van der Waals surface area (Å²) in [4.78, 5) is 22.1. The molecule has 4 rings (SSSR count). The summed E-state index contributed by atoms with van der Waals surface area (Å²) in [5.41, 5.74) is 2.68. The number of pyridine rings is 1. The van der Waals surface area contributed by atoms with E-state index in [0.29, 0.717) is 35.6 Å². The molecule has 0 saturated heterocycles. The van der Waals surface area contributed by atoms with Crippen LogP contribution >= 0.6 is 0 Å². The Labute approximate surface area is 157 Å². The molecule has 5 nitrogen and oxygen atoms in total. The molecule has 2 heterocycles. The summed E-state index contributed by atoms with van der Waals surface area (Å²) in [7, 11) is 0. The molecule has 1 N–H and O–H groups in total. The van der Waals surface area contributed by atoms with Crippen LogP contribution in [-0.4, -0.2) is 23.4 Å². The number of nitrogens with one attached hydrogen (secondary N) is 1. The lowest BCUT2D eigenvalue weighted by molar-refractivity contribution is -0.139. The average molecular weight is 365 g/mol. The topological polar surface area (TPSA) is 63.6 Å². The molecule has 2 aliphatic rings. The second-order valence-corrected chi connectivity index (χ2v) is 6.68. The van der Waals surface area contributed by atoms with Crippen LogP contribution in [0.1, 0.15) is 37.1 Å². The largest absolute Gasteiger partial charge is 0.463 e.